The van der Waals surface area contributed by atoms with Crippen LogP contribution in [0.5, 0.6) is 0 Å². The number of nitrogens with one attached hydrogen (secondary N) is 1. The Hall–Kier alpha value is -2.79. The van der Waals surface area contributed by atoms with Crippen LogP contribution in [0, 0.1) is 11.3 Å². The second-order valence-corrected chi connectivity index (χ2v) is 6.74. The van der Waals surface area contributed by atoms with Gasteiger partial charge in [-0.1, -0.05) is 0 Å². The molecule has 0 aliphatic heterocycles. The predicted octanol–water partition coefficient (Wildman–Crippen LogP) is 2.09. The summed E-state index contributed by atoms with van der Waals surface area (Å²) in [5.41, 5.74) is 0.741. The van der Waals surface area contributed by atoms with Crippen LogP contribution in [0.25, 0.3) is 10.2 Å². The molecule has 3 aromatic rings. The lowest BCUT2D eigenvalue weighted by Gasteiger charge is -2.07. The van der Waals surface area contributed by atoms with E-state index in [4.69, 9.17) is 0 Å². The van der Waals surface area contributed by atoms with Crippen molar-refractivity contribution in [3.05, 3.63) is 45.3 Å². The Kier molecular flexibility index (Phi) is 3.32. The van der Waals surface area contributed by atoms with Gasteiger partial charge in [0.05, 0.1) is 11.5 Å². The van der Waals surface area contributed by atoms with E-state index >= 15 is 0 Å². The van der Waals surface area contributed by atoms with Gasteiger partial charge < -0.3 is 9.55 Å². The first kappa shape index (κ1) is 14.8. The number of hydrogen-bond donors (Lipinski definition) is 1. The van der Waals surface area contributed by atoms with Crippen LogP contribution < -0.4 is 5.56 Å². The van der Waals surface area contributed by atoms with E-state index in [0.717, 1.165) is 18.4 Å². The highest BCUT2D eigenvalue weighted by Crippen LogP contribution is 2.44. The molecule has 0 spiro atoms. The average molecular weight is 339 g/mol. The summed E-state index contributed by atoms with van der Waals surface area (Å²) in [6.07, 6.45) is 5.29. The number of hydrogen-bond acceptors (Lipinski definition) is 6. The molecule has 4 rings (SSSR count). The summed E-state index contributed by atoms with van der Waals surface area (Å²) >= 11 is 1.38. The van der Waals surface area contributed by atoms with Crippen molar-refractivity contribution >= 4 is 27.3 Å². The van der Waals surface area contributed by atoms with Gasteiger partial charge in [0.1, 0.15) is 10.7 Å². The summed E-state index contributed by atoms with van der Waals surface area (Å²) in [7, 11) is 1.68. The maximum Gasteiger partial charge on any atom is 0.259 e. The molecule has 0 bridgehead atoms. The molecular formula is C16H13N5O2S. The molecule has 1 aliphatic rings. The van der Waals surface area contributed by atoms with Gasteiger partial charge in [-0.25, -0.2) is 9.97 Å². The van der Waals surface area contributed by atoms with Gasteiger partial charge in [0.25, 0.3) is 5.56 Å². The first-order valence-corrected chi connectivity index (χ1v) is 8.40. The first-order chi connectivity index (χ1) is 11.6. The lowest BCUT2D eigenvalue weighted by Crippen LogP contribution is -2.21. The highest BCUT2D eigenvalue weighted by atomic mass is 32.1. The standard InChI is InChI=1S/C16H13N5O2S/c1-21-5-4-18-14(21)12(22)9(6-17)13-19-15(23)11-10(8-2-3-8)7-24-16(11)20-13/h4-5,7-9H,2-3H2,1H3,(H,19,20,23)/t9-/m1/s1. The minimum atomic E-state index is -1.19. The highest BCUT2D eigenvalue weighted by Gasteiger charge is 2.31. The van der Waals surface area contributed by atoms with E-state index in [0.29, 0.717) is 16.1 Å². The number of nitrogens with zero attached hydrogens (tertiary/aromatic N) is 4. The van der Waals surface area contributed by atoms with E-state index in [2.05, 4.69) is 15.0 Å². The van der Waals surface area contributed by atoms with Gasteiger partial charge in [-0.3, -0.25) is 9.59 Å². The van der Waals surface area contributed by atoms with Crippen molar-refractivity contribution < 1.29 is 4.79 Å². The number of thiophene rings is 1. The van der Waals surface area contributed by atoms with Gasteiger partial charge in [0.15, 0.2) is 11.7 Å². The zero-order chi connectivity index (χ0) is 16.8. The van der Waals surface area contributed by atoms with E-state index in [1.807, 2.05) is 11.4 Å². The summed E-state index contributed by atoms with van der Waals surface area (Å²) in [5.74, 6) is -0.990. The molecule has 0 radical (unpaired) electrons. The molecule has 7 nitrogen and oxygen atoms in total. The van der Waals surface area contributed by atoms with Crippen LogP contribution in [0.1, 0.15) is 46.7 Å². The number of fused-ring (bicyclic) bond motifs is 1. The number of Topliss-reactive ketones (excluding diaryl/α,β-unsaturated/α-hetero) is 1. The molecule has 120 valence electrons. The number of aryl methyl sites for hydroxylation is 1. The van der Waals surface area contributed by atoms with Crippen LogP contribution in [0.3, 0.4) is 0 Å². The number of aromatic amines is 1. The van der Waals surface area contributed by atoms with E-state index in [9.17, 15) is 14.9 Å². The van der Waals surface area contributed by atoms with E-state index < -0.39 is 11.7 Å². The molecule has 1 atom stereocenters. The third kappa shape index (κ3) is 2.25. The number of nitriles is 1. The number of H-pyrrole nitrogens is 1. The lowest BCUT2D eigenvalue weighted by atomic mass is 10.0. The van der Waals surface area contributed by atoms with Crippen LogP contribution in [0.4, 0.5) is 0 Å². The molecule has 1 saturated carbocycles. The maximum atomic E-state index is 12.6. The number of aromatic nitrogens is 4. The Labute approximate surface area is 140 Å². The van der Waals surface area contributed by atoms with Crippen LogP contribution in [-0.4, -0.2) is 25.3 Å². The van der Waals surface area contributed by atoms with Crippen molar-refractivity contribution in [3.63, 3.8) is 0 Å². The summed E-state index contributed by atoms with van der Waals surface area (Å²) in [5, 5.41) is 12.0. The molecule has 0 unspecified atom stereocenters. The fourth-order valence-electron chi connectivity index (χ4n) is 2.79. The largest absolute Gasteiger partial charge is 0.332 e. The normalized spacial score (nSPS) is 15.3. The van der Waals surface area contributed by atoms with Crippen molar-refractivity contribution in [3.8, 4) is 6.07 Å². The van der Waals surface area contributed by atoms with Crippen molar-refractivity contribution in [2.45, 2.75) is 24.7 Å². The molecular weight excluding hydrogens is 326 g/mol. The second-order valence-electron chi connectivity index (χ2n) is 5.88. The Morgan fingerprint density at radius 2 is 2.33 bits per heavy atom. The minimum Gasteiger partial charge on any atom is -0.332 e. The Balaban J connectivity index is 1.80. The number of carbonyl (C=O) groups excluding carboxylic acids is 1. The predicted molar refractivity (Wildman–Crippen MR) is 88.1 cm³/mol. The zero-order valence-electron chi connectivity index (χ0n) is 12.8. The summed E-state index contributed by atoms with van der Waals surface area (Å²) in [6.45, 7) is 0. The van der Waals surface area contributed by atoms with Gasteiger partial charge in [0, 0.05) is 19.4 Å². The maximum absolute atomic E-state index is 12.6. The third-order valence-corrected chi connectivity index (χ3v) is 5.10. The van der Waals surface area contributed by atoms with Crippen LogP contribution in [-0.2, 0) is 7.05 Å². The smallest absolute Gasteiger partial charge is 0.259 e. The fraction of sp³-hybridized carbons (Fsp3) is 0.312. The molecule has 1 N–H and O–H groups in total. The summed E-state index contributed by atoms with van der Waals surface area (Å²) in [4.78, 5) is 36.6. The first-order valence-electron chi connectivity index (χ1n) is 7.52. The molecule has 3 aromatic heterocycles. The van der Waals surface area contributed by atoms with Gasteiger partial charge in [0.2, 0.25) is 5.78 Å². The second kappa shape index (κ2) is 5.39. The summed E-state index contributed by atoms with van der Waals surface area (Å²) in [6, 6.07) is 1.94. The van der Waals surface area contributed by atoms with E-state index in [-0.39, 0.29) is 17.2 Å². The van der Waals surface area contributed by atoms with Crippen LogP contribution >= 0.6 is 11.3 Å². The Morgan fingerprint density at radius 3 is 2.96 bits per heavy atom. The van der Waals surface area contributed by atoms with Crippen LogP contribution in [0.2, 0.25) is 0 Å². The quantitative estimate of drug-likeness (QED) is 0.733. The highest BCUT2D eigenvalue weighted by molar-refractivity contribution is 7.16. The molecule has 24 heavy (non-hydrogen) atoms. The van der Waals surface area contributed by atoms with Gasteiger partial charge >= 0.3 is 0 Å². The number of carbonyl (C=O) groups is 1. The third-order valence-electron chi connectivity index (χ3n) is 4.21. The molecule has 3 heterocycles. The topological polar surface area (TPSA) is 104 Å². The molecule has 1 aliphatic carbocycles. The molecule has 0 saturated heterocycles. The molecule has 0 aromatic carbocycles. The Morgan fingerprint density at radius 1 is 1.54 bits per heavy atom. The summed E-state index contributed by atoms with van der Waals surface area (Å²) < 4.78 is 1.54. The zero-order valence-corrected chi connectivity index (χ0v) is 13.6. The minimum absolute atomic E-state index is 0.0761. The number of ketones is 1. The van der Waals surface area contributed by atoms with Gasteiger partial charge in [-0.05, 0) is 29.7 Å². The van der Waals surface area contributed by atoms with Crippen LogP contribution in [0.15, 0.2) is 22.6 Å². The fourth-order valence-corrected chi connectivity index (χ4v) is 3.82. The number of rotatable bonds is 4. The van der Waals surface area contributed by atoms with Crippen molar-refractivity contribution in [1.82, 2.24) is 19.5 Å². The van der Waals surface area contributed by atoms with Crippen molar-refractivity contribution in [2.75, 3.05) is 0 Å². The van der Waals surface area contributed by atoms with Crippen molar-refractivity contribution in [2.24, 2.45) is 7.05 Å². The van der Waals surface area contributed by atoms with E-state index in [1.54, 1.807) is 17.8 Å². The van der Waals surface area contributed by atoms with Gasteiger partial charge in [-0.2, -0.15) is 5.26 Å². The molecule has 1 fully saturated rings. The number of imidazole rings is 1. The van der Waals surface area contributed by atoms with Gasteiger partial charge in [-0.15, -0.1) is 11.3 Å². The monoisotopic (exact) mass is 339 g/mol. The molecule has 8 heteroatoms. The van der Waals surface area contributed by atoms with Crippen molar-refractivity contribution in [1.29, 1.82) is 5.26 Å². The molecule has 0 amide bonds. The lowest BCUT2D eigenvalue weighted by molar-refractivity contribution is 0.0963. The van der Waals surface area contributed by atoms with E-state index in [1.165, 1.54) is 17.5 Å². The average Bonchev–Trinajstić information content (AvgIpc) is 3.16. The SMILES string of the molecule is Cn1ccnc1C(=O)[C@@H](C#N)c1nc2scc(C3CC3)c2c(=O)[nH]1. The Bertz CT molecular complexity index is 1050.